The van der Waals surface area contributed by atoms with Gasteiger partial charge in [0.1, 0.15) is 0 Å². The Morgan fingerprint density at radius 2 is 2.28 bits per heavy atom. The lowest BCUT2D eigenvalue weighted by Crippen LogP contribution is -2.36. The zero-order chi connectivity index (χ0) is 13.3. The van der Waals surface area contributed by atoms with Crippen LogP contribution in [0.1, 0.15) is 38.9 Å². The summed E-state index contributed by atoms with van der Waals surface area (Å²) in [6.45, 7) is 7.84. The molecular weight excluding hydrogens is 228 g/mol. The van der Waals surface area contributed by atoms with Crippen LogP contribution in [-0.4, -0.2) is 33.2 Å². The van der Waals surface area contributed by atoms with Crippen molar-refractivity contribution in [3.8, 4) is 0 Å². The van der Waals surface area contributed by atoms with E-state index >= 15 is 0 Å². The zero-order valence-corrected chi connectivity index (χ0v) is 11.3. The molecule has 0 aromatic carbocycles. The van der Waals surface area contributed by atoms with E-state index in [1.165, 1.54) is 0 Å². The highest BCUT2D eigenvalue weighted by molar-refractivity contribution is 5.80. The summed E-state index contributed by atoms with van der Waals surface area (Å²) < 4.78 is 1.93. The van der Waals surface area contributed by atoms with Crippen LogP contribution in [0.4, 0.5) is 0 Å². The molecule has 1 saturated heterocycles. The molecule has 2 atom stereocenters. The first-order chi connectivity index (χ1) is 8.54. The maximum atomic E-state index is 12.0. The molecule has 2 heterocycles. The van der Waals surface area contributed by atoms with E-state index in [1.807, 2.05) is 22.6 Å². The van der Waals surface area contributed by atoms with Crippen LogP contribution >= 0.6 is 0 Å². The Labute approximate surface area is 108 Å². The summed E-state index contributed by atoms with van der Waals surface area (Å²) in [6, 6.07) is 1.82. The molecule has 2 rings (SSSR count). The maximum Gasteiger partial charge on any atom is 0.224 e. The van der Waals surface area contributed by atoms with Crippen molar-refractivity contribution in [1.82, 2.24) is 14.7 Å². The van der Waals surface area contributed by atoms with E-state index in [9.17, 15) is 4.79 Å². The van der Waals surface area contributed by atoms with Gasteiger partial charge in [0.05, 0.1) is 11.7 Å². The Morgan fingerprint density at radius 1 is 1.56 bits per heavy atom. The fraction of sp³-hybridized carbons (Fsp3) is 0.692. The topological polar surface area (TPSA) is 64.2 Å². The van der Waals surface area contributed by atoms with Crippen LogP contribution in [0.5, 0.6) is 0 Å². The van der Waals surface area contributed by atoms with Crippen molar-refractivity contribution in [1.29, 1.82) is 0 Å². The molecule has 1 aromatic rings. The second kappa shape index (κ2) is 5.10. The Morgan fingerprint density at radius 3 is 2.89 bits per heavy atom. The third kappa shape index (κ3) is 2.27. The molecule has 5 nitrogen and oxygen atoms in total. The van der Waals surface area contributed by atoms with Crippen LogP contribution in [0, 0.1) is 5.92 Å². The number of carbonyl (C=O) groups excluding carboxylic acids is 1. The van der Waals surface area contributed by atoms with Crippen LogP contribution in [0.25, 0.3) is 0 Å². The number of carbonyl (C=O) groups is 1. The number of likely N-dealkylation sites (tertiary alicyclic amines) is 1. The SMILES string of the molecule is CCn1nccc1C1C(N)CC(=O)N1CC(C)C. The number of hydrogen-bond acceptors (Lipinski definition) is 3. The summed E-state index contributed by atoms with van der Waals surface area (Å²) in [5.74, 6) is 0.602. The number of rotatable bonds is 4. The van der Waals surface area contributed by atoms with Gasteiger partial charge in [0.25, 0.3) is 0 Å². The molecule has 1 fully saturated rings. The fourth-order valence-electron chi connectivity index (χ4n) is 2.66. The van der Waals surface area contributed by atoms with Crippen LogP contribution < -0.4 is 5.73 Å². The van der Waals surface area contributed by atoms with Crippen LogP contribution in [0.3, 0.4) is 0 Å². The molecule has 18 heavy (non-hydrogen) atoms. The summed E-state index contributed by atoms with van der Waals surface area (Å²) in [6.07, 6.45) is 2.22. The van der Waals surface area contributed by atoms with E-state index in [2.05, 4.69) is 18.9 Å². The van der Waals surface area contributed by atoms with Crippen molar-refractivity contribution in [3.05, 3.63) is 18.0 Å². The minimum absolute atomic E-state index is 0.0256. The highest BCUT2D eigenvalue weighted by Gasteiger charge is 2.40. The first-order valence-electron chi connectivity index (χ1n) is 6.61. The number of aromatic nitrogens is 2. The minimum atomic E-state index is -0.127. The summed E-state index contributed by atoms with van der Waals surface area (Å²) in [4.78, 5) is 14.0. The summed E-state index contributed by atoms with van der Waals surface area (Å²) in [5, 5.41) is 4.28. The quantitative estimate of drug-likeness (QED) is 0.872. The van der Waals surface area contributed by atoms with Gasteiger partial charge in [-0.2, -0.15) is 5.10 Å². The first-order valence-corrected chi connectivity index (χ1v) is 6.61. The van der Waals surface area contributed by atoms with E-state index < -0.39 is 0 Å². The average molecular weight is 250 g/mol. The molecule has 0 radical (unpaired) electrons. The van der Waals surface area contributed by atoms with Crippen molar-refractivity contribution in [2.24, 2.45) is 11.7 Å². The molecule has 0 saturated carbocycles. The molecule has 1 amide bonds. The third-order valence-corrected chi connectivity index (χ3v) is 3.39. The molecule has 2 unspecified atom stereocenters. The number of hydrogen-bond donors (Lipinski definition) is 1. The summed E-state index contributed by atoms with van der Waals surface area (Å²) >= 11 is 0. The largest absolute Gasteiger partial charge is 0.332 e. The van der Waals surface area contributed by atoms with E-state index in [-0.39, 0.29) is 18.0 Å². The van der Waals surface area contributed by atoms with Crippen LogP contribution in [0.15, 0.2) is 12.3 Å². The Hall–Kier alpha value is -1.36. The number of aryl methyl sites for hydroxylation is 1. The van der Waals surface area contributed by atoms with Crippen molar-refractivity contribution in [2.45, 2.75) is 45.8 Å². The molecule has 5 heteroatoms. The monoisotopic (exact) mass is 250 g/mol. The van der Waals surface area contributed by atoms with Gasteiger partial charge in [-0.15, -0.1) is 0 Å². The summed E-state index contributed by atoms with van der Waals surface area (Å²) in [7, 11) is 0. The van der Waals surface area contributed by atoms with Gasteiger partial charge in [-0.05, 0) is 18.9 Å². The predicted molar refractivity (Wildman–Crippen MR) is 69.8 cm³/mol. The lowest BCUT2D eigenvalue weighted by molar-refractivity contribution is -0.129. The van der Waals surface area contributed by atoms with Gasteiger partial charge in [0.2, 0.25) is 5.91 Å². The minimum Gasteiger partial charge on any atom is -0.332 e. The van der Waals surface area contributed by atoms with E-state index in [4.69, 9.17) is 5.73 Å². The van der Waals surface area contributed by atoms with Gasteiger partial charge in [-0.3, -0.25) is 9.48 Å². The van der Waals surface area contributed by atoms with Gasteiger partial charge >= 0.3 is 0 Å². The molecule has 0 aliphatic carbocycles. The standard InChI is InChI=1S/C13H22N4O/c1-4-17-11(5-6-15-17)13-10(14)7-12(18)16(13)8-9(2)3/h5-6,9-10,13H,4,7-8,14H2,1-3H3. The lowest BCUT2D eigenvalue weighted by Gasteiger charge is -2.28. The second-order valence-electron chi connectivity index (χ2n) is 5.32. The van der Waals surface area contributed by atoms with Crippen molar-refractivity contribution in [3.63, 3.8) is 0 Å². The van der Waals surface area contributed by atoms with E-state index in [0.29, 0.717) is 12.3 Å². The number of amides is 1. The van der Waals surface area contributed by atoms with Crippen LogP contribution in [-0.2, 0) is 11.3 Å². The molecule has 1 aliphatic heterocycles. The summed E-state index contributed by atoms with van der Waals surface area (Å²) in [5.41, 5.74) is 7.20. The van der Waals surface area contributed by atoms with Crippen molar-refractivity contribution >= 4 is 5.91 Å². The molecular formula is C13H22N4O. The second-order valence-corrected chi connectivity index (χ2v) is 5.32. The van der Waals surface area contributed by atoms with Gasteiger partial charge in [0.15, 0.2) is 0 Å². The molecule has 0 bridgehead atoms. The van der Waals surface area contributed by atoms with Crippen molar-refractivity contribution in [2.75, 3.05) is 6.54 Å². The molecule has 100 valence electrons. The van der Waals surface area contributed by atoms with Gasteiger partial charge in [0, 0.05) is 31.7 Å². The van der Waals surface area contributed by atoms with Gasteiger partial charge in [-0.1, -0.05) is 13.8 Å². The maximum absolute atomic E-state index is 12.0. The Kier molecular flexibility index (Phi) is 3.71. The van der Waals surface area contributed by atoms with Gasteiger partial charge < -0.3 is 10.6 Å². The highest BCUT2D eigenvalue weighted by atomic mass is 16.2. The fourth-order valence-corrected chi connectivity index (χ4v) is 2.66. The third-order valence-electron chi connectivity index (χ3n) is 3.39. The first kappa shape index (κ1) is 13.1. The molecule has 1 aromatic heterocycles. The predicted octanol–water partition coefficient (Wildman–Crippen LogP) is 1.16. The molecule has 2 N–H and O–H groups in total. The Balaban J connectivity index is 2.30. The smallest absolute Gasteiger partial charge is 0.224 e. The lowest BCUT2D eigenvalue weighted by atomic mass is 10.1. The van der Waals surface area contributed by atoms with Gasteiger partial charge in [-0.25, -0.2) is 0 Å². The van der Waals surface area contributed by atoms with E-state index in [0.717, 1.165) is 18.8 Å². The Bertz CT molecular complexity index is 426. The molecule has 1 aliphatic rings. The van der Waals surface area contributed by atoms with E-state index in [1.54, 1.807) is 6.20 Å². The highest BCUT2D eigenvalue weighted by Crippen LogP contribution is 2.32. The number of nitrogens with two attached hydrogens (primary N) is 1. The van der Waals surface area contributed by atoms with Crippen LogP contribution in [0.2, 0.25) is 0 Å². The zero-order valence-electron chi connectivity index (χ0n) is 11.3. The normalized spacial score (nSPS) is 24.3. The number of nitrogens with zero attached hydrogens (tertiary/aromatic N) is 3. The van der Waals surface area contributed by atoms with Crippen molar-refractivity contribution < 1.29 is 4.79 Å². The average Bonchev–Trinajstić information content (AvgIpc) is 2.84. The molecule has 0 spiro atoms.